The van der Waals surface area contributed by atoms with Gasteiger partial charge in [-0.25, -0.2) is 4.39 Å². The average Bonchev–Trinajstić information content (AvgIpc) is 2.83. The monoisotopic (exact) mass is 277 g/mol. The lowest BCUT2D eigenvalue weighted by Gasteiger charge is -2.15. The van der Waals surface area contributed by atoms with E-state index in [0.29, 0.717) is 24.3 Å². The normalized spacial score (nSPS) is 13.1. The molecule has 0 aliphatic rings. The second kappa shape index (κ2) is 6.18. The first-order valence-electron chi connectivity index (χ1n) is 6.92. The number of Topliss-reactive ketones (excluding diaryl/α,β-unsaturated/α-hetero) is 1. The molecule has 0 amide bonds. The van der Waals surface area contributed by atoms with E-state index in [0.717, 1.165) is 6.42 Å². The molecule has 1 unspecified atom stereocenters. The lowest BCUT2D eigenvalue weighted by atomic mass is 9.92. The zero-order valence-corrected chi connectivity index (χ0v) is 11.9. The quantitative estimate of drug-likeness (QED) is 0.818. The van der Waals surface area contributed by atoms with Gasteiger partial charge in [0, 0.05) is 11.8 Å². The second-order valence-electron chi connectivity index (χ2n) is 5.63. The largest absolute Gasteiger partial charge is 0.450 e. The molecule has 1 atom stereocenters. The molecule has 0 bridgehead atoms. The standard InChI is InChI=1S/C16H20FNO2/c1-10(2)6-11(9-18)7-14(19)15-8-12-4-3-5-13(17)16(12)20-15/h3-5,8,10-11H,6-7,9,18H2,1-2H3. The Morgan fingerprint density at radius 3 is 2.75 bits per heavy atom. The highest BCUT2D eigenvalue weighted by Crippen LogP contribution is 2.24. The first-order chi connectivity index (χ1) is 9.51. The Balaban J connectivity index is 2.16. The Labute approximate surface area is 117 Å². The lowest BCUT2D eigenvalue weighted by molar-refractivity contribution is 0.0932. The molecule has 0 aliphatic carbocycles. The average molecular weight is 277 g/mol. The molecule has 0 saturated heterocycles. The van der Waals surface area contributed by atoms with Crippen LogP contribution in [0.5, 0.6) is 0 Å². The molecular weight excluding hydrogens is 257 g/mol. The van der Waals surface area contributed by atoms with Crippen LogP contribution in [0.1, 0.15) is 37.2 Å². The van der Waals surface area contributed by atoms with Crippen LogP contribution in [0.25, 0.3) is 11.0 Å². The van der Waals surface area contributed by atoms with Crippen LogP contribution in [0.2, 0.25) is 0 Å². The van der Waals surface area contributed by atoms with Crippen molar-refractivity contribution in [2.24, 2.45) is 17.6 Å². The van der Waals surface area contributed by atoms with Crippen LogP contribution in [-0.2, 0) is 0 Å². The highest BCUT2D eigenvalue weighted by atomic mass is 19.1. The van der Waals surface area contributed by atoms with Gasteiger partial charge < -0.3 is 10.2 Å². The molecule has 0 saturated carbocycles. The zero-order chi connectivity index (χ0) is 14.7. The van der Waals surface area contributed by atoms with Crippen LogP contribution < -0.4 is 5.73 Å². The van der Waals surface area contributed by atoms with Crippen molar-refractivity contribution in [1.29, 1.82) is 0 Å². The van der Waals surface area contributed by atoms with Gasteiger partial charge in [-0.05, 0) is 36.9 Å². The number of furan rings is 1. The number of ketones is 1. The predicted molar refractivity (Wildman–Crippen MR) is 77.1 cm³/mol. The summed E-state index contributed by atoms with van der Waals surface area (Å²) >= 11 is 0. The summed E-state index contributed by atoms with van der Waals surface area (Å²) < 4.78 is 18.9. The molecule has 20 heavy (non-hydrogen) atoms. The molecule has 2 aromatic rings. The molecule has 0 aliphatic heterocycles. The number of halogens is 1. The molecule has 4 heteroatoms. The van der Waals surface area contributed by atoms with Gasteiger partial charge in [0.05, 0.1) is 0 Å². The molecular formula is C16H20FNO2. The number of carbonyl (C=O) groups is 1. The van der Waals surface area contributed by atoms with Gasteiger partial charge in [-0.3, -0.25) is 4.79 Å². The highest BCUT2D eigenvalue weighted by Gasteiger charge is 2.19. The Morgan fingerprint density at radius 2 is 2.15 bits per heavy atom. The minimum atomic E-state index is -0.445. The SMILES string of the molecule is CC(C)CC(CN)CC(=O)c1cc2cccc(F)c2o1. The van der Waals surface area contributed by atoms with E-state index in [-0.39, 0.29) is 23.0 Å². The fourth-order valence-corrected chi connectivity index (χ4v) is 2.46. The van der Waals surface area contributed by atoms with Crippen LogP contribution >= 0.6 is 0 Å². The molecule has 0 radical (unpaired) electrons. The van der Waals surface area contributed by atoms with Crippen molar-refractivity contribution in [1.82, 2.24) is 0 Å². The Hall–Kier alpha value is -1.68. The maximum atomic E-state index is 13.5. The summed E-state index contributed by atoms with van der Waals surface area (Å²) in [5.41, 5.74) is 5.85. The topological polar surface area (TPSA) is 56.2 Å². The van der Waals surface area contributed by atoms with E-state index in [1.54, 1.807) is 18.2 Å². The number of fused-ring (bicyclic) bond motifs is 1. The molecule has 1 aromatic carbocycles. The van der Waals surface area contributed by atoms with Gasteiger partial charge in [0.25, 0.3) is 0 Å². The van der Waals surface area contributed by atoms with E-state index in [1.807, 2.05) is 0 Å². The molecule has 108 valence electrons. The van der Waals surface area contributed by atoms with E-state index in [4.69, 9.17) is 10.2 Å². The highest BCUT2D eigenvalue weighted by molar-refractivity contribution is 5.97. The summed E-state index contributed by atoms with van der Waals surface area (Å²) in [6, 6.07) is 6.25. The minimum absolute atomic E-state index is 0.114. The van der Waals surface area contributed by atoms with E-state index >= 15 is 0 Å². The Kier molecular flexibility index (Phi) is 4.55. The first kappa shape index (κ1) is 14.7. The van der Waals surface area contributed by atoms with Gasteiger partial charge in [0.1, 0.15) is 0 Å². The molecule has 0 spiro atoms. The van der Waals surface area contributed by atoms with Crippen molar-refractivity contribution in [2.45, 2.75) is 26.7 Å². The van der Waals surface area contributed by atoms with Gasteiger partial charge in [-0.2, -0.15) is 0 Å². The van der Waals surface area contributed by atoms with E-state index < -0.39 is 5.82 Å². The van der Waals surface area contributed by atoms with Crippen molar-refractivity contribution in [3.05, 3.63) is 35.8 Å². The number of hydrogen-bond donors (Lipinski definition) is 1. The summed E-state index contributed by atoms with van der Waals surface area (Å²) in [5.74, 6) is 0.285. The van der Waals surface area contributed by atoms with Crippen LogP contribution in [0.4, 0.5) is 4.39 Å². The van der Waals surface area contributed by atoms with E-state index in [2.05, 4.69) is 13.8 Å². The number of benzene rings is 1. The number of carbonyl (C=O) groups excluding carboxylic acids is 1. The van der Waals surface area contributed by atoms with Gasteiger partial charge in [-0.15, -0.1) is 0 Å². The lowest BCUT2D eigenvalue weighted by Crippen LogP contribution is -2.19. The first-order valence-corrected chi connectivity index (χ1v) is 6.92. The number of nitrogens with two attached hydrogens (primary N) is 1. The maximum Gasteiger partial charge on any atom is 0.198 e. The third kappa shape index (κ3) is 3.25. The van der Waals surface area contributed by atoms with Crippen molar-refractivity contribution < 1.29 is 13.6 Å². The van der Waals surface area contributed by atoms with E-state index in [9.17, 15) is 9.18 Å². The maximum absolute atomic E-state index is 13.5. The third-order valence-corrected chi connectivity index (χ3v) is 3.38. The molecule has 1 aromatic heterocycles. The van der Waals surface area contributed by atoms with Crippen LogP contribution in [0.3, 0.4) is 0 Å². The third-order valence-electron chi connectivity index (χ3n) is 3.38. The minimum Gasteiger partial charge on any atom is -0.450 e. The van der Waals surface area contributed by atoms with Gasteiger partial charge in [0.15, 0.2) is 22.9 Å². The van der Waals surface area contributed by atoms with Crippen LogP contribution in [-0.4, -0.2) is 12.3 Å². The van der Waals surface area contributed by atoms with Crippen molar-refractivity contribution in [3.8, 4) is 0 Å². The predicted octanol–water partition coefficient (Wildman–Crippen LogP) is 3.77. The fraction of sp³-hybridized carbons (Fsp3) is 0.438. The Bertz CT molecular complexity index is 604. The molecule has 2 rings (SSSR count). The van der Waals surface area contributed by atoms with Gasteiger partial charge >= 0.3 is 0 Å². The summed E-state index contributed by atoms with van der Waals surface area (Å²) in [4.78, 5) is 12.2. The van der Waals surface area contributed by atoms with Gasteiger partial charge in [0.2, 0.25) is 0 Å². The van der Waals surface area contributed by atoms with Crippen molar-refractivity contribution in [2.75, 3.05) is 6.54 Å². The molecule has 1 heterocycles. The van der Waals surface area contributed by atoms with Crippen molar-refractivity contribution >= 4 is 16.8 Å². The summed E-state index contributed by atoms with van der Waals surface area (Å²) in [6.07, 6.45) is 1.24. The molecule has 0 fully saturated rings. The number of hydrogen-bond acceptors (Lipinski definition) is 3. The van der Waals surface area contributed by atoms with Gasteiger partial charge in [-0.1, -0.05) is 26.0 Å². The van der Waals surface area contributed by atoms with Crippen LogP contribution in [0.15, 0.2) is 28.7 Å². The summed E-state index contributed by atoms with van der Waals surface area (Å²) in [6.45, 7) is 4.67. The molecule has 2 N–H and O–H groups in total. The van der Waals surface area contributed by atoms with Crippen LogP contribution in [0, 0.1) is 17.7 Å². The fourth-order valence-electron chi connectivity index (χ4n) is 2.46. The Morgan fingerprint density at radius 1 is 1.40 bits per heavy atom. The summed E-state index contributed by atoms with van der Waals surface area (Å²) in [7, 11) is 0. The summed E-state index contributed by atoms with van der Waals surface area (Å²) in [5, 5.41) is 0.613. The number of para-hydroxylation sites is 1. The van der Waals surface area contributed by atoms with E-state index in [1.165, 1.54) is 6.07 Å². The van der Waals surface area contributed by atoms with Crippen molar-refractivity contribution in [3.63, 3.8) is 0 Å². The number of rotatable bonds is 6. The second-order valence-corrected chi connectivity index (χ2v) is 5.63. The smallest absolute Gasteiger partial charge is 0.198 e. The molecule has 3 nitrogen and oxygen atoms in total. The zero-order valence-electron chi connectivity index (χ0n) is 11.9.